The molecule has 0 aromatic carbocycles. The van der Waals surface area contributed by atoms with Crippen molar-refractivity contribution in [2.45, 2.75) is 12.8 Å². The Hall–Kier alpha value is -0.160. The van der Waals surface area contributed by atoms with Gasteiger partial charge in [0.1, 0.15) is 0 Å². The molecule has 4 nitrogen and oxygen atoms in total. The van der Waals surface area contributed by atoms with Crippen LogP contribution in [0.3, 0.4) is 0 Å². The predicted octanol–water partition coefficient (Wildman–Crippen LogP) is -0.785. The Balaban J connectivity index is 2.65. The van der Waals surface area contributed by atoms with Crippen molar-refractivity contribution in [3.8, 4) is 0 Å². The van der Waals surface area contributed by atoms with E-state index in [-0.39, 0.29) is 0 Å². The molecule has 10 heavy (non-hydrogen) atoms. The van der Waals surface area contributed by atoms with Gasteiger partial charge in [-0.3, -0.25) is 21.7 Å². The number of unbranched alkanes of at least 4 members (excludes halogenated alkanes) is 1. The number of hydrogen-bond donors (Lipinski definition) is 4. The number of hydrogen-bond acceptors (Lipinski definition) is 4. The number of hydrazine groups is 2. The first-order valence-electron chi connectivity index (χ1n) is 3.71. The maximum absolute atomic E-state index is 3.03. The van der Waals surface area contributed by atoms with Crippen LogP contribution in [0.4, 0.5) is 0 Å². The van der Waals surface area contributed by atoms with E-state index < -0.39 is 0 Å². The molecule has 0 saturated carbocycles. The SMILES string of the molecule is CNNCCCCNNC. The second-order valence-corrected chi connectivity index (χ2v) is 2.06. The van der Waals surface area contributed by atoms with E-state index in [2.05, 4.69) is 21.7 Å². The van der Waals surface area contributed by atoms with Crippen molar-refractivity contribution in [2.24, 2.45) is 0 Å². The van der Waals surface area contributed by atoms with E-state index in [0.29, 0.717) is 0 Å². The van der Waals surface area contributed by atoms with Crippen molar-refractivity contribution in [1.82, 2.24) is 21.7 Å². The summed E-state index contributed by atoms with van der Waals surface area (Å²) in [7, 11) is 3.76. The molecule has 0 unspecified atom stereocenters. The fourth-order valence-electron chi connectivity index (χ4n) is 0.677. The summed E-state index contributed by atoms with van der Waals surface area (Å²) in [6.45, 7) is 2.06. The third kappa shape index (κ3) is 7.84. The predicted molar refractivity (Wildman–Crippen MR) is 43.4 cm³/mol. The summed E-state index contributed by atoms with van der Waals surface area (Å²) in [6, 6.07) is 0. The van der Waals surface area contributed by atoms with Crippen LogP contribution in [0.2, 0.25) is 0 Å². The third-order valence-corrected chi connectivity index (χ3v) is 1.21. The first-order valence-corrected chi connectivity index (χ1v) is 3.71. The fourth-order valence-corrected chi connectivity index (χ4v) is 0.677. The van der Waals surface area contributed by atoms with Crippen molar-refractivity contribution in [3.05, 3.63) is 0 Å². The summed E-state index contributed by atoms with van der Waals surface area (Å²) in [5.74, 6) is 0. The van der Waals surface area contributed by atoms with Crippen molar-refractivity contribution >= 4 is 0 Å². The fraction of sp³-hybridized carbons (Fsp3) is 1.00. The molecule has 0 spiro atoms. The van der Waals surface area contributed by atoms with Crippen molar-refractivity contribution in [3.63, 3.8) is 0 Å². The average molecular weight is 146 g/mol. The van der Waals surface area contributed by atoms with Gasteiger partial charge in [0.15, 0.2) is 0 Å². The summed E-state index contributed by atoms with van der Waals surface area (Å²) < 4.78 is 0. The molecule has 0 heterocycles. The molecule has 0 aliphatic rings. The molecule has 4 N–H and O–H groups in total. The minimum Gasteiger partial charge on any atom is -0.261 e. The van der Waals surface area contributed by atoms with Crippen LogP contribution in [0.15, 0.2) is 0 Å². The van der Waals surface area contributed by atoms with Crippen LogP contribution < -0.4 is 21.7 Å². The molecule has 0 aliphatic heterocycles. The Labute approximate surface area is 62.7 Å². The van der Waals surface area contributed by atoms with Gasteiger partial charge in [-0.25, -0.2) is 0 Å². The molecule has 0 atom stereocenters. The highest BCUT2D eigenvalue weighted by Crippen LogP contribution is 1.81. The molecule has 0 radical (unpaired) electrons. The van der Waals surface area contributed by atoms with Crippen LogP contribution in [-0.2, 0) is 0 Å². The van der Waals surface area contributed by atoms with E-state index in [9.17, 15) is 0 Å². The van der Waals surface area contributed by atoms with E-state index in [1.807, 2.05) is 14.1 Å². The van der Waals surface area contributed by atoms with Crippen LogP contribution in [0.25, 0.3) is 0 Å². The van der Waals surface area contributed by atoms with E-state index in [4.69, 9.17) is 0 Å². The molecule has 62 valence electrons. The lowest BCUT2D eigenvalue weighted by Crippen LogP contribution is -2.31. The Morgan fingerprint density at radius 3 is 1.50 bits per heavy atom. The van der Waals surface area contributed by atoms with Crippen molar-refractivity contribution in [1.29, 1.82) is 0 Å². The third-order valence-electron chi connectivity index (χ3n) is 1.21. The first-order chi connectivity index (χ1) is 4.91. The second kappa shape index (κ2) is 8.84. The van der Waals surface area contributed by atoms with E-state index in [0.717, 1.165) is 13.1 Å². The quantitative estimate of drug-likeness (QED) is 0.281. The summed E-state index contributed by atoms with van der Waals surface area (Å²) in [5.41, 5.74) is 11.8. The second-order valence-electron chi connectivity index (χ2n) is 2.06. The van der Waals surface area contributed by atoms with Crippen LogP contribution in [0, 0.1) is 0 Å². The topological polar surface area (TPSA) is 48.1 Å². The first kappa shape index (κ1) is 9.84. The Kier molecular flexibility index (Phi) is 8.70. The van der Waals surface area contributed by atoms with Gasteiger partial charge >= 0.3 is 0 Å². The van der Waals surface area contributed by atoms with Gasteiger partial charge in [0, 0.05) is 13.1 Å². The van der Waals surface area contributed by atoms with Gasteiger partial charge in [-0.1, -0.05) is 0 Å². The zero-order valence-electron chi connectivity index (χ0n) is 6.83. The monoisotopic (exact) mass is 146 g/mol. The lowest BCUT2D eigenvalue weighted by Gasteiger charge is -2.02. The molecule has 0 aliphatic carbocycles. The highest BCUT2D eigenvalue weighted by Gasteiger charge is 1.84. The highest BCUT2D eigenvalue weighted by atomic mass is 15.3. The van der Waals surface area contributed by atoms with Crippen LogP contribution in [0.1, 0.15) is 12.8 Å². The molecule has 0 fully saturated rings. The highest BCUT2D eigenvalue weighted by molar-refractivity contribution is 4.44. The Morgan fingerprint density at radius 1 is 0.800 bits per heavy atom. The Bertz CT molecular complexity index is 49.7. The maximum atomic E-state index is 3.03. The van der Waals surface area contributed by atoms with Gasteiger partial charge in [0.25, 0.3) is 0 Å². The molecule has 0 saturated heterocycles. The van der Waals surface area contributed by atoms with Crippen molar-refractivity contribution in [2.75, 3.05) is 27.2 Å². The van der Waals surface area contributed by atoms with Gasteiger partial charge in [-0.2, -0.15) is 0 Å². The standard InChI is InChI=1S/C6H18N4/c1-7-9-5-3-4-6-10-8-2/h7-10H,3-6H2,1-2H3. The maximum Gasteiger partial charge on any atom is 0.0100 e. The Morgan fingerprint density at radius 2 is 1.20 bits per heavy atom. The largest absolute Gasteiger partial charge is 0.261 e. The zero-order chi connectivity index (χ0) is 7.66. The van der Waals surface area contributed by atoms with Gasteiger partial charge in [0.05, 0.1) is 0 Å². The summed E-state index contributed by atoms with van der Waals surface area (Å²) in [6.07, 6.45) is 2.38. The molecular formula is C6H18N4. The molecule has 0 aromatic rings. The minimum atomic E-state index is 1.03. The van der Waals surface area contributed by atoms with Gasteiger partial charge in [-0.15, -0.1) is 0 Å². The molecular weight excluding hydrogens is 128 g/mol. The minimum absolute atomic E-state index is 1.03. The number of rotatable bonds is 7. The molecule has 0 bridgehead atoms. The lowest BCUT2D eigenvalue weighted by atomic mass is 10.3. The van der Waals surface area contributed by atoms with E-state index in [1.165, 1.54) is 12.8 Å². The summed E-state index contributed by atoms with van der Waals surface area (Å²) >= 11 is 0. The van der Waals surface area contributed by atoms with Crippen LogP contribution in [0.5, 0.6) is 0 Å². The number of nitrogens with one attached hydrogen (secondary N) is 4. The molecule has 0 amide bonds. The normalized spacial score (nSPS) is 10.2. The van der Waals surface area contributed by atoms with Gasteiger partial charge in [-0.05, 0) is 26.9 Å². The smallest absolute Gasteiger partial charge is 0.0100 e. The van der Waals surface area contributed by atoms with Crippen LogP contribution in [-0.4, -0.2) is 27.2 Å². The summed E-state index contributed by atoms with van der Waals surface area (Å²) in [4.78, 5) is 0. The average Bonchev–Trinajstić information content (AvgIpc) is 1.97. The molecule has 0 rings (SSSR count). The lowest BCUT2D eigenvalue weighted by molar-refractivity contribution is 0.521. The molecule has 4 heteroatoms. The van der Waals surface area contributed by atoms with Crippen molar-refractivity contribution < 1.29 is 0 Å². The zero-order valence-corrected chi connectivity index (χ0v) is 6.83. The van der Waals surface area contributed by atoms with E-state index >= 15 is 0 Å². The van der Waals surface area contributed by atoms with Crippen LogP contribution >= 0.6 is 0 Å². The van der Waals surface area contributed by atoms with Gasteiger partial charge in [0.2, 0.25) is 0 Å². The summed E-state index contributed by atoms with van der Waals surface area (Å²) in [5, 5.41) is 0. The van der Waals surface area contributed by atoms with Gasteiger partial charge < -0.3 is 0 Å². The van der Waals surface area contributed by atoms with E-state index in [1.54, 1.807) is 0 Å². The molecule has 0 aromatic heterocycles.